The summed E-state index contributed by atoms with van der Waals surface area (Å²) in [6.45, 7) is 2.27. The lowest BCUT2D eigenvalue weighted by atomic mass is 10.0. The van der Waals surface area contributed by atoms with Gasteiger partial charge in [-0.3, -0.25) is 0 Å². The summed E-state index contributed by atoms with van der Waals surface area (Å²) in [6.07, 6.45) is 20.5. The van der Waals surface area contributed by atoms with E-state index in [9.17, 15) is 0 Å². The first-order valence-corrected chi connectivity index (χ1v) is 12.6. The van der Waals surface area contributed by atoms with Crippen LogP contribution in [-0.4, -0.2) is 13.5 Å². The van der Waals surface area contributed by atoms with Gasteiger partial charge in [0.1, 0.15) is 0 Å². The zero-order valence-corrected chi connectivity index (χ0v) is 20.7. The number of halogens is 6. The molecule has 0 nitrogen and oxygen atoms in total. The Hall–Kier alpha value is 1.74. The number of hydrogen-bond acceptors (Lipinski definition) is 0. The second-order valence-corrected chi connectivity index (χ2v) is 11.5. The molecule has 0 aromatic heterocycles. The molecule has 0 saturated heterocycles. The highest BCUT2D eigenvalue weighted by molar-refractivity contribution is 6.76. The van der Waals surface area contributed by atoms with Gasteiger partial charge in [0.25, 0.3) is 0 Å². The van der Waals surface area contributed by atoms with Gasteiger partial charge in [0.05, 0.1) is 5.38 Å². The molecular formula is C20H36Cl6. The molecule has 6 heteroatoms. The molecule has 158 valence electrons. The van der Waals surface area contributed by atoms with Crippen LogP contribution in [0.4, 0.5) is 0 Å². The maximum Gasteiger partial charge on any atom is 0.224 e. The van der Waals surface area contributed by atoms with Crippen molar-refractivity contribution in [2.75, 3.05) is 0 Å². The van der Waals surface area contributed by atoms with Crippen LogP contribution in [0.15, 0.2) is 0 Å². The zero-order valence-electron chi connectivity index (χ0n) is 16.2. The minimum atomic E-state index is -1.78. The molecule has 0 amide bonds. The molecule has 0 fully saturated rings. The minimum Gasteiger partial charge on any atom is -0.120 e. The lowest BCUT2D eigenvalue weighted by molar-refractivity contribution is 0.524. The number of alkyl halides is 6. The topological polar surface area (TPSA) is 0 Å². The van der Waals surface area contributed by atoms with Crippen LogP contribution in [0.2, 0.25) is 0 Å². The van der Waals surface area contributed by atoms with Crippen molar-refractivity contribution in [1.82, 2.24) is 0 Å². The van der Waals surface area contributed by atoms with Crippen LogP contribution in [0.5, 0.6) is 0 Å². The number of unbranched alkanes of at least 4 members (excludes halogenated alkanes) is 14. The Balaban J connectivity index is 3.37. The summed E-state index contributed by atoms with van der Waals surface area (Å²) in [6, 6.07) is 0. The summed E-state index contributed by atoms with van der Waals surface area (Å²) in [7, 11) is 0. The van der Waals surface area contributed by atoms with Gasteiger partial charge in [-0.2, -0.15) is 0 Å². The molecule has 1 atom stereocenters. The van der Waals surface area contributed by atoms with Crippen molar-refractivity contribution in [3.63, 3.8) is 0 Å². The van der Waals surface area contributed by atoms with Gasteiger partial charge in [-0.15, -0.1) is 11.6 Å². The van der Waals surface area contributed by atoms with Crippen molar-refractivity contribution >= 4 is 69.6 Å². The van der Waals surface area contributed by atoms with Crippen LogP contribution in [0.25, 0.3) is 0 Å². The molecule has 0 heterocycles. The predicted molar refractivity (Wildman–Crippen MR) is 124 cm³/mol. The fraction of sp³-hybridized carbons (Fsp3) is 1.00. The summed E-state index contributed by atoms with van der Waals surface area (Å²) in [4.78, 5) is 0. The van der Waals surface area contributed by atoms with Crippen molar-refractivity contribution in [2.24, 2.45) is 0 Å². The highest BCUT2D eigenvalue weighted by atomic mass is 35.6. The average molecular weight is 489 g/mol. The minimum absolute atomic E-state index is 0.569. The van der Waals surface area contributed by atoms with Gasteiger partial charge < -0.3 is 0 Å². The Labute approximate surface area is 191 Å². The first-order chi connectivity index (χ1) is 12.2. The lowest BCUT2D eigenvalue weighted by Gasteiger charge is -2.31. The summed E-state index contributed by atoms with van der Waals surface area (Å²) >= 11 is 35.6. The van der Waals surface area contributed by atoms with Gasteiger partial charge in [-0.1, -0.05) is 161 Å². The van der Waals surface area contributed by atoms with Crippen molar-refractivity contribution in [1.29, 1.82) is 0 Å². The summed E-state index contributed by atoms with van der Waals surface area (Å²) in [5.74, 6) is 0. The van der Waals surface area contributed by atoms with E-state index in [0.717, 1.165) is 12.8 Å². The van der Waals surface area contributed by atoms with E-state index in [1.54, 1.807) is 0 Å². The first kappa shape index (κ1) is 27.7. The van der Waals surface area contributed by atoms with Gasteiger partial charge in [0.2, 0.25) is 3.79 Å². The molecule has 0 aromatic carbocycles. The third-order valence-electron chi connectivity index (χ3n) is 4.83. The van der Waals surface area contributed by atoms with E-state index in [1.807, 2.05) is 0 Å². The number of rotatable bonds is 17. The molecule has 0 saturated carbocycles. The Morgan fingerprint density at radius 3 is 1.15 bits per heavy atom. The number of hydrogen-bond donors (Lipinski definition) is 0. The van der Waals surface area contributed by atoms with Crippen LogP contribution in [-0.2, 0) is 0 Å². The molecule has 0 spiro atoms. The van der Waals surface area contributed by atoms with Gasteiger partial charge in [-0.05, 0) is 6.42 Å². The standard InChI is InChI=1S/C20H36Cl6/c1-2-3-4-5-6-7-8-9-10-11-12-13-14-15-16-17-18(21)19(22,23)20(24,25)26/h18H,2-17H2,1H3. The molecular weight excluding hydrogens is 453 g/mol. The van der Waals surface area contributed by atoms with E-state index < -0.39 is 13.5 Å². The summed E-state index contributed by atoms with van der Waals surface area (Å²) in [5, 5.41) is -0.569. The molecule has 0 rings (SSSR count). The Morgan fingerprint density at radius 1 is 0.538 bits per heavy atom. The van der Waals surface area contributed by atoms with Crippen LogP contribution < -0.4 is 0 Å². The van der Waals surface area contributed by atoms with Gasteiger partial charge >= 0.3 is 0 Å². The highest BCUT2D eigenvalue weighted by Crippen LogP contribution is 2.50. The Bertz CT molecular complexity index is 314. The summed E-state index contributed by atoms with van der Waals surface area (Å²) in [5.41, 5.74) is 0. The zero-order chi connectivity index (χ0) is 19.9. The molecule has 26 heavy (non-hydrogen) atoms. The maximum absolute atomic E-state index is 6.20. The van der Waals surface area contributed by atoms with Gasteiger partial charge in [-0.25, -0.2) is 0 Å². The molecule has 0 bridgehead atoms. The third kappa shape index (κ3) is 13.8. The van der Waals surface area contributed by atoms with Crippen LogP contribution in [0, 0.1) is 0 Å². The fourth-order valence-corrected chi connectivity index (χ4v) is 4.15. The Kier molecular flexibility index (Phi) is 17.6. The van der Waals surface area contributed by atoms with Gasteiger partial charge in [0.15, 0.2) is 4.33 Å². The van der Waals surface area contributed by atoms with E-state index in [2.05, 4.69) is 6.92 Å². The van der Waals surface area contributed by atoms with E-state index in [4.69, 9.17) is 69.6 Å². The van der Waals surface area contributed by atoms with Crippen LogP contribution in [0.3, 0.4) is 0 Å². The van der Waals surface area contributed by atoms with Crippen molar-refractivity contribution in [3.8, 4) is 0 Å². The molecule has 0 N–H and O–H groups in total. The van der Waals surface area contributed by atoms with Crippen LogP contribution >= 0.6 is 69.6 Å². The highest BCUT2D eigenvalue weighted by Gasteiger charge is 2.50. The van der Waals surface area contributed by atoms with Gasteiger partial charge in [0, 0.05) is 0 Å². The molecule has 0 radical (unpaired) electrons. The molecule has 0 aromatic rings. The largest absolute Gasteiger partial charge is 0.224 e. The van der Waals surface area contributed by atoms with Crippen LogP contribution in [0.1, 0.15) is 110 Å². The molecule has 0 aliphatic heterocycles. The monoisotopic (exact) mass is 486 g/mol. The quantitative estimate of drug-likeness (QED) is 0.141. The molecule has 0 aliphatic rings. The normalized spacial score (nSPS) is 14.0. The predicted octanol–water partition coefficient (Wildman–Crippen LogP) is 10.4. The first-order valence-electron chi connectivity index (χ1n) is 10.3. The average Bonchev–Trinajstić information content (AvgIpc) is 2.57. The molecule has 0 aliphatic carbocycles. The van der Waals surface area contributed by atoms with E-state index in [1.165, 1.54) is 83.5 Å². The van der Waals surface area contributed by atoms with Crippen molar-refractivity contribution in [3.05, 3.63) is 0 Å². The summed E-state index contributed by atoms with van der Waals surface area (Å²) < 4.78 is -3.34. The van der Waals surface area contributed by atoms with E-state index >= 15 is 0 Å². The lowest BCUT2D eigenvalue weighted by Crippen LogP contribution is -2.40. The fourth-order valence-electron chi connectivity index (χ4n) is 3.05. The second kappa shape index (κ2) is 16.5. The SMILES string of the molecule is CCCCCCCCCCCCCCCCCC(Cl)C(Cl)(Cl)C(Cl)(Cl)Cl. The maximum atomic E-state index is 6.20. The van der Waals surface area contributed by atoms with E-state index in [0.29, 0.717) is 6.42 Å². The second-order valence-electron chi connectivity index (χ2n) is 7.33. The smallest absolute Gasteiger partial charge is 0.120 e. The van der Waals surface area contributed by atoms with Crippen molar-refractivity contribution in [2.45, 2.75) is 123 Å². The van der Waals surface area contributed by atoms with Crippen molar-refractivity contribution < 1.29 is 0 Å². The van der Waals surface area contributed by atoms with E-state index in [-0.39, 0.29) is 0 Å². The third-order valence-corrected chi connectivity index (χ3v) is 8.17. The molecule has 1 unspecified atom stereocenters. The Morgan fingerprint density at radius 2 is 0.846 bits per heavy atom.